The standard InChI is InChI=1S/C40H41N3O7S2/c1-28-10-20-35(21-11-28)52(47,48)42-36(23-29-7-3-2-4-8-29)39(45)41-25-30-12-18-33(19-13-30)40-49-34(27-51-38-9-5-6-22-43(38)46)24-37(50-40)32-16-14-31(26-44)15-17-32/h2-22,34,36-37,40,42,44H,23-27H2,1H3,(H,41,45)/t34-,36+,37+,40?/m0/s1. The molecule has 0 bridgehead atoms. The number of aryl methyl sites for hydroxylation is 1. The van der Waals surface area contributed by atoms with Gasteiger partial charge in [0.15, 0.2) is 12.5 Å². The van der Waals surface area contributed by atoms with E-state index in [9.17, 15) is 23.5 Å². The van der Waals surface area contributed by atoms with E-state index in [0.29, 0.717) is 17.2 Å². The summed E-state index contributed by atoms with van der Waals surface area (Å²) in [6.07, 6.45) is 1.03. The van der Waals surface area contributed by atoms with Gasteiger partial charge < -0.3 is 25.1 Å². The molecule has 270 valence electrons. The predicted octanol–water partition coefficient (Wildman–Crippen LogP) is 5.66. The van der Waals surface area contributed by atoms with Gasteiger partial charge in [0.05, 0.1) is 23.7 Å². The Morgan fingerprint density at radius 2 is 1.54 bits per heavy atom. The van der Waals surface area contributed by atoms with Gasteiger partial charge in [0.2, 0.25) is 15.9 Å². The number of ether oxygens (including phenoxy) is 2. The smallest absolute Gasteiger partial charge is 0.251 e. The van der Waals surface area contributed by atoms with E-state index in [2.05, 4.69) is 10.0 Å². The maximum absolute atomic E-state index is 13.5. The number of carbonyl (C=O) groups is 1. The topological polar surface area (TPSA) is 141 Å². The summed E-state index contributed by atoms with van der Waals surface area (Å²) < 4.78 is 42.9. The third kappa shape index (κ3) is 9.85. The Bertz CT molecular complexity index is 2030. The quantitative estimate of drug-likeness (QED) is 0.0753. The number of aliphatic hydroxyl groups excluding tert-OH is 1. The van der Waals surface area contributed by atoms with Crippen LogP contribution < -0.4 is 14.8 Å². The minimum atomic E-state index is -3.97. The fourth-order valence-corrected chi connectivity index (χ4v) is 7.97. The first-order chi connectivity index (χ1) is 25.2. The Labute approximate surface area is 308 Å². The molecular weight excluding hydrogens is 699 g/mol. The Kier molecular flexibility index (Phi) is 12.4. The average Bonchev–Trinajstić information content (AvgIpc) is 3.17. The van der Waals surface area contributed by atoms with Gasteiger partial charge in [-0.15, -0.1) is 0 Å². The van der Waals surface area contributed by atoms with Crippen LogP contribution in [0.25, 0.3) is 0 Å². The van der Waals surface area contributed by atoms with E-state index < -0.39 is 28.3 Å². The van der Waals surface area contributed by atoms with Crippen LogP contribution in [0.15, 0.2) is 137 Å². The highest BCUT2D eigenvalue weighted by molar-refractivity contribution is 7.99. The van der Waals surface area contributed by atoms with Gasteiger partial charge in [0.25, 0.3) is 5.03 Å². The van der Waals surface area contributed by atoms with Crippen molar-refractivity contribution >= 4 is 27.7 Å². The first-order valence-corrected chi connectivity index (χ1v) is 19.4. The molecule has 2 heterocycles. The third-order valence-electron chi connectivity index (χ3n) is 8.77. The molecule has 1 aliphatic heterocycles. The van der Waals surface area contributed by atoms with Gasteiger partial charge in [-0.3, -0.25) is 4.79 Å². The van der Waals surface area contributed by atoms with Crippen LogP contribution in [-0.4, -0.2) is 37.3 Å². The fourth-order valence-electron chi connectivity index (χ4n) is 5.84. The Hall–Kier alpha value is -4.56. The molecule has 52 heavy (non-hydrogen) atoms. The highest BCUT2D eigenvalue weighted by Gasteiger charge is 2.33. The lowest BCUT2D eigenvalue weighted by Gasteiger charge is -2.36. The van der Waals surface area contributed by atoms with Crippen LogP contribution in [0, 0.1) is 12.1 Å². The lowest BCUT2D eigenvalue weighted by Crippen LogP contribution is -2.47. The number of aromatic nitrogens is 1. The van der Waals surface area contributed by atoms with Crippen molar-refractivity contribution in [1.82, 2.24) is 10.0 Å². The van der Waals surface area contributed by atoms with Crippen LogP contribution in [0.1, 0.15) is 52.2 Å². The summed E-state index contributed by atoms with van der Waals surface area (Å²) in [6.45, 7) is 2.00. The molecule has 5 aromatic rings. The number of thioether (sulfide) groups is 1. The third-order valence-corrected chi connectivity index (χ3v) is 11.4. The van der Waals surface area contributed by atoms with Gasteiger partial charge in [-0.1, -0.05) is 108 Å². The lowest BCUT2D eigenvalue weighted by atomic mass is 10.0. The average molecular weight is 740 g/mol. The summed E-state index contributed by atoms with van der Waals surface area (Å²) >= 11 is 1.42. The molecule has 0 radical (unpaired) electrons. The minimum absolute atomic E-state index is 0.0490. The van der Waals surface area contributed by atoms with Crippen molar-refractivity contribution in [1.29, 1.82) is 0 Å². The largest absolute Gasteiger partial charge is 0.618 e. The van der Waals surface area contributed by atoms with Crippen molar-refractivity contribution in [3.63, 3.8) is 0 Å². The predicted molar refractivity (Wildman–Crippen MR) is 198 cm³/mol. The zero-order valence-corrected chi connectivity index (χ0v) is 30.3. The normalized spacial score (nSPS) is 18.1. The molecule has 4 aromatic carbocycles. The van der Waals surface area contributed by atoms with E-state index in [1.165, 1.54) is 30.1 Å². The Morgan fingerprint density at radius 1 is 0.865 bits per heavy atom. The number of sulfonamides is 1. The van der Waals surface area contributed by atoms with E-state index >= 15 is 0 Å². The number of nitrogens with zero attached hydrogens (tertiary/aromatic N) is 1. The molecule has 1 fully saturated rings. The van der Waals surface area contributed by atoms with Crippen molar-refractivity contribution in [2.75, 3.05) is 5.75 Å². The molecule has 1 saturated heterocycles. The van der Waals surface area contributed by atoms with Gasteiger partial charge in [-0.05, 0) is 53.8 Å². The van der Waals surface area contributed by atoms with Crippen molar-refractivity contribution in [2.24, 2.45) is 0 Å². The molecule has 4 atom stereocenters. The number of carbonyl (C=O) groups excluding carboxylic acids is 1. The van der Waals surface area contributed by atoms with Gasteiger partial charge in [-0.25, -0.2) is 8.42 Å². The number of hydrogen-bond donors (Lipinski definition) is 3. The second kappa shape index (κ2) is 17.3. The van der Waals surface area contributed by atoms with E-state index in [1.807, 2.05) is 91.9 Å². The first-order valence-electron chi connectivity index (χ1n) is 17.0. The van der Waals surface area contributed by atoms with Gasteiger partial charge in [0.1, 0.15) is 6.04 Å². The highest BCUT2D eigenvalue weighted by atomic mass is 32.2. The van der Waals surface area contributed by atoms with Crippen molar-refractivity contribution in [2.45, 2.75) is 67.4 Å². The molecule has 3 N–H and O–H groups in total. The molecule has 1 aliphatic rings. The summed E-state index contributed by atoms with van der Waals surface area (Å²) in [4.78, 5) is 13.6. The van der Waals surface area contributed by atoms with E-state index in [4.69, 9.17) is 9.47 Å². The van der Waals surface area contributed by atoms with E-state index in [1.54, 1.807) is 24.3 Å². The second-order valence-electron chi connectivity index (χ2n) is 12.7. The number of pyridine rings is 1. The van der Waals surface area contributed by atoms with Crippen LogP contribution in [0.4, 0.5) is 0 Å². The second-order valence-corrected chi connectivity index (χ2v) is 15.4. The monoisotopic (exact) mass is 739 g/mol. The molecule has 1 amide bonds. The molecule has 10 nitrogen and oxygen atoms in total. The number of nitrogens with one attached hydrogen (secondary N) is 2. The van der Waals surface area contributed by atoms with Crippen LogP contribution in [-0.2, 0) is 43.9 Å². The van der Waals surface area contributed by atoms with Crippen molar-refractivity contribution in [3.8, 4) is 0 Å². The summed E-state index contributed by atoms with van der Waals surface area (Å²) in [5, 5.41) is 25.3. The summed E-state index contributed by atoms with van der Waals surface area (Å²) in [6, 6.07) is 35.2. The summed E-state index contributed by atoms with van der Waals surface area (Å²) in [5.41, 5.74) is 5.11. The summed E-state index contributed by atoms with van der Waals surface area (Å²) in [5.74, 6) is 0.0926. The SMILES string of the molecule is Cc1ccc(S(=O)(=O)N[C@H](Cc2ccccc2)C(=O)NCc2ccc(C3O[C@H](CSc4cccc[n+]4[O-])C[C@H](c4ccc(CO)cc4)O3)cc2)cc1. The molecule has 6 rings (SSSR count). The minimum Gasteiger partial charge on any atom is -0.618 e. The van der Waals surface area contributed by atoms with E-state index in [0.717, 1.165) is 38.1 Å². The first kappa shape index (κ1) is 37.2. The number of hydrogen-bond acceptors (Lipinski definition) is 8. The highest BCUT2D eigenvalue weighted by Crippen LogP contribution is 2.39. The molecule has 1 aromatic heterocycles. The molecule has 0 saturated carbocycles. The van der Waals surface area contributed by atoms with Gasteiger partial charge >= 0.3 is 0 Å². The maximum atomic E-state index is 13.5. The molecular formula is C40H41N3O7S2. The van der Waals surface area contributed by atoms with Gasteiger partial charge in [0, 0.05) is 36.4 Å². The Balaban J connectivity index is 1.14. The number of aliphatic hydroxyl groups is 1. The van der Waals surface area contributed by atoms with Crippen molar-refractivity contribution < 1.29 is 32.5 Å². The zero-order chi connectivity index (χ0) is 36.5. The van der Waals surface area contributed by atoms with Crippen LogP contribution in [0.3, 0.4) is 0 Å². The van der Waals surface area contributed by atoms with Crippen LogP contribution in [0.5, 0.6) is 0 Å². The maximum Gasteiger partial charge on any atom is 0.251 e. The number of benzene rings is 4. The number of rotatable bonds is 14. The number of amides is 1. The van der Waals surface area contributed by atoms with E-state index in [-0.39, 0.29) is 36.7 Å². The zero-order valence-electron chi connectivity index (χ0n) is 28.6. The molecule has 12 heteroatoms. The molecule has 0 aliphatic carbocycles. The Morgan fingerprint density at radius 3 is 2.23 bits per heavy atom. The fraction of sp³-hybridized carbons (Fsp3) is 0.250. The molecule has 1 unspecified atom stereocenters. The summed E-state index contributed by atoms with van der Waals surface area (Å²) in [7, 11) is -3.97. The van der Waals surface area contributed by atoms with Crippen LogP contribution in [0.2, 0.25) is 0 Å². The lowest BCUT2D eigenvalue weighted by molar-refractivity contribution is -0.645. The van der Waals surface area contributed by atoms with Gasteiger partial charge in [-0.2, -0.15) is 9.45 Å². The van der Waals surface area contributed by atoms with Crippen molar-refractivity contribution in [3.05, 3.63) is 166 Å². The van der Waals surface area contributed by atoms with Crippen LogP contribution >= 0.6 is 11.8 Å². The molecule has 0 spiro atoms.